The van der Waals surface area contributed by atoms with Crippen LogP contribution in [-0.4, -0.2) is 44.3 Å². The van der Waals surface area contributed by atoms with Crippen LogP contribution in [0.1, 0.15) is 0 Å². The lowest BCUT2D eigenvalue weighted by Gasteiger charge is -2.30. The maximum Gasteiger partial charge on any atom is 0.0874 e. The largest absolute Gasteiger partial charge is 0.382 e. The van der Waals surface area contributed by atoms with Crippen molar-refractivity contribution in [2.24, 2.45) is 0 Å². The van der Waals surface area contributed by atoms with Gasteiger partial charge in [0.2, 0.25) is 0 Å². The Labute approximate surface area is 126 Å². The zero-order valence-corrected chi connectivity index (χ0v) is 12.5. The van der Waals surface area contributed by atoms with E-state index in [1.807, 2.05) is 6.07 Å². The Hall–Kier alpha value is -1.84. The molecule has 0 spiro atoms. The highest BCUT2D eigenvalue weighted by Gasteiger charge is 2.17. The summed E-state index contributed by atoms with van der Waals surface area (Å²) in [4.78, 5) is 2.32. The van der Waals surface area contributed by atoms with Gasteiger partial charge in [-0.15, -0.1) is 0 Å². The summed E-state index contributed by atoms with van der Waals surface area (Å²) in [5, 5.41) is 3.55. The minimum atomic E-state index is 0.257. The summed E-state index contributed by atoms with van der Waals surface area (Å²) in [6.07, 6.45) is 0.257. The summed E-state index contributed by atoms with van der Waals surface area (Å²) in [6, 6.07) is 18.9. The van der Waals surface area contributed by atoms with E-state index in [9.17, 15) is 0 Å². The zero-order chi connectivity index (χ0) is 14.5. The van der Waals surface area contributed by atoms with Crippen LogP contribution in [0, 0.1) is 0 Å². The first-order chi connectivity index (χ1) is 10.3. The molecule has 21 heavy (non-hydrogen) atoms. The summed E-state index contributed by atoms with van der Waals surface area (Å²) >= 11 is 0. The van der Waals surface area contributed by atoms with Gasteiger partial charge in [-0.25, -0.2) is 0 Å². The van der Waals surface area contributed by atoms with Gasteiger partial charge in [0, 0.05) is 30.9 Å². The highest BCUT2D eigenvalue weighted by molar-refractivity contribution is 5.77. The molecule has 1 fully saturated rings. The third-order valence-electron chi connectivity index (χ3n) is 3.87. The molecule has 1 saturated heterocycles. The van der Waals surface area contributed by atoms with Crippen molar-refractivity contribution in [2.75, 3.05) is 38.6 Å². The lowest BCUT2D eigenvalue weighted by Crippen LogP contribution is -2.43. The van der Waals surface area contributed by atoms with Crippen LogP contribution >= 0.6 is 0 Å². The average Bonchev–Trinajstić information content (AvgIpc) is 2.54. The Bertz CT molecular complexity index is 570. The second-order valence-corrected chi connectivity index (χ2v) is 5.55. The van der Waals surface area contributed by atoms with E-state index in [0.717, 1.165) is 26.2 Å². The molecule has 0 amide bonds. The SMILES string of the molecule is CN1CCOC(CNc2ccccc2-c2ccccc2)C1. The first-order valence-electron chi connectivity index (χ1n) is 7.51. The molecule has 3 nitrogen and oxygen atoms in total. The van der Waals surface area contributed by atoms with Crippen LogP contribution in [0.2, 0.25) is 0 Å². The standard InChI is InChI=1S/C18H22N2O/c1-20-11-12-21-16(14-20)13-19-18-10-6-5-9-17(18)15-7-3-2-4-8-15/h2-10,16,19H,11-14H2,1H3. The summed E-state index contributed by atoms with van der Waals surface area (Å²) in [6.45, 7) is 3.68. The van der Waals surface area contributed by atoms with Gasteiger partial charge in [0.1, 0.15) is 0 Å². The number of likely N-dealkylation sites (N-methyl/N-ethyl adjacent to an activating group) is 1. The van der Waals surface area contributed by atoms with Crippen molar-refractivity contribution in [3.8, 4) is 11.1 Å². The van der Waals surface area contributed by atoms with E-state index in [4.69, 9.17) is 4.74 Å². The maximum absolute atomic E-state index is 5.81. The van der Waals surface area contributed by atoms with E-state index >= 15 is 0 Å². The third-order valence-corrected chi connectivity index (χ3v) is 3.87. The lowest BCUT2D eigenvalue weighted by atomic mass is 10.0. The quantitative estimate of drug-likeness (QED) is 0.932. The molecule has 2 aromatic rings. The van der Waals surface area contributed by atoms with Gasteiger partial charge >= 0.3 is 0 Å². The van der Waals surface area contributed by atoms with Crippen molar-refractivity contribution < 1.29 is 4.74 Å². The molecular formula is C18H22N2O. The highest BCUT2D eigenvalue weighted by atomic mass is 16.5. The summed E-state index contributed by atoms with van der Waals surface area (Å²) < 4.78 is 5.81. The van der Waals surface area contributed by atoms with Crippen molar-refractivity contribution in [3.05, 3.63) is 54.6 Å². The number of para-hydroxylation sites is 1. The average molecular weight is 282 g/mol. The molecule has 0 bridgehead atoms. The second kappa shape index (κ2) is 6.74. The van der Waals surface area contributed by atoms with E-state index in [1.54, 1.807) is 0 Å². The molecular weight excluding hydrogens is 260 g/mol. The normalized spacial score (nSPS) is 19.4. The van der Waals surface area contributed by atoms with Crippen molar-refractivity contribution in [1.82, 2.24) is 4.90 Å². The van der Waals surface area contributed by atoms with Crippen LogP contribution in [0.3, 0.4) is 0 Å². The van der Waals surface area contributed by atoms with Gasteiger partial charge < -0.3 is 15.0 Å². The van der Waals surface area contributed by atoms with E-state index in [1.165, 1.54) is 16.8 Å². The molecule has 3 rings (SSSR count). The van der Waals surface area contributed by atoms with Crippen molar-refractivity contribution in [2.45, 2.75) is 6.10 Å². The van der Waals surface area contributed by atoms with Crippen LogP contribution in [0.5, 0.6) is 0 Å². The zero-order valence-electron chi connectivity index (χ0n) is 12.5. The third kappa shape index (κ3) is 3.63. The predicted octanol–water partition coefficient (Wildman–Crippen LogP) is 3.10. The van der Waals surface area contributed by atoms with E-state index in [-0.39, 0.29) is 6.10 Å². The fourth-order valence-electron chi connectivity index (χ4n) is 2.72. The van der Waals surface area contributed by atoms with Crippen LogP contribution in [0.4, 0.5) is 5.69 Å². The summed E-state index contributed by atoms with van der Waals surface area (Å²) in [5.74, 6) is 0. The maximum atomic E-state index is 5.81. The van der Waals surface area contributed by atoms with Gasteiger partial charge in [-0.2, -0.15) is 0 Å². The van der Waals surface area contributed by atoms with Crippen LogP contribution in [0.15, 0.2) is 54.6 Å². The van der Waals surface area contributed by atoms with Gasteiger partial charge in [0.05, 0.1) is 12.7 Å². The van der Waals surface area contributed by atoms with E-state index < -0.39 is 0 Å². The number of ether oxygens (including phenoxy) is 1. The molecule has 1 heterocycles. The van der Waals surface area contributed by atoms with Gasteiger partial charge in [0.15, 0.2) is 0 Å². The van der Waals surface area contributed by atoms with E-state index in [2.05, 4.69) is 65.8 Å². The number of nitrogens with one attached hydrogen (secondary N) is 1. The lowest BCUT2D eigenvalue weighted by molar-refractivity contribution is -0.0117. The van der Waals surface area contributed by atoms with Gasteiger partial charge in [0.25, 0.3) is 0 Å². The fraction of sp³-hybridized carbons (Fsp3) is 0.333. The van der Waals surface area contributed by atoms with Crippen LogP contribution in [-0.2, 0) is 4.74 Å². The van der Waals surface area contributed by atoms with Gasteiger partial charge in [-0.3, -0.25) is 0 Å². The Balaban J connectivity index is 1.71. The van der Waals surface area contributed by atoms with Crippen molar-refractivity contribution in [3.63, 3.8) is 0 Å². The number of rotatable bonds is 4. The molecule has 1 atom stereocenters. The molecule has 2 aromatic carbocycles. The monoisotopic (exact) mass is 282 g/mol. The molecule has 1 N–H and O–H groups in total. The molecule has 1 aliphatic heterocycles. The van der Waals surface area contributed by atoms with Crippen molar-refractivity contribution >= 4 is 5.69 Å². The van der Waals surface area contributed by atoms with Gasteiger partial charge in [-0.05, 0) is 18.7 Å². The van der Waals surface area contributed by atoms with Crippen molar-refractivity contribution in [1.29, 1.82) is 0 Å². The molecule has 1 unspecified atom stereocenters. The Kier molecular flexibility index (Phi) is 4.53. The summed E-state index contributed by atoms with van der Waals surface area (Å²) in [7, 11) is 2.15. The smallest absolute Gasteiger partial charge is 0.0874 e. The molecule has 0 aliphatic carbocycles. The van der Waals surface area contributed by atoms with E-state index in [0.29, 0.717) is 0 Å². The fourth-order valence-corrected chi connectivity index (χ4v) is 2.72. The molecule has 3 heteroatoms. The van der Waals surface area contributed by atoms with Crippen LogP contribution < -0.4 is 5.32 Å². The molecule has 0 radical (unpaired) electrons. The van der Waals surface area contributed by atoms with Gasteiger partial charge in [-0.1, -0.05) is 48.5 Å². The molecule has 1 aliphatic rings. The number of hydrogen-bond acceptors (Lipinski definition) is 3. The Morgan fingerprint density at radius 3 is 2.67 bits per heavy atom. The number of anilines is 1. The first kappa shape index (κ1) is 14.1. The molecule has 110 valence electrons. The Morgan fingerprint density at radius 2 is 1.86 bits per heavy atom. The first-order valence-corrected chi connectivity index (χ1v) is 7.51. The summed E-state index contributed by atoms with van der Waals surface area (Å²) in [5.41, 5.74) is 3.64. The molecule has 0 aromatic heterocycles. The number of hydrogen-bond donors (Lipinski definition) is 1. The number of benzene rings is 2. The van der Waals surface area contributed by atoms with Crippen LogP contribution in [0.25, 0.3) is 11.1 Å². The number of nitrogens with zero attached hydrogens (tertiary/aromatic N) is 1. The Morgan fingerprint density at radius 1 is 1.10 bits per heavy atom. The topological polar surface area (TPSA) is 24.5 Å². The predicted molar refractivity (Wildman–Crippen MR) is 87.6 cm³/mol. The molecule has 0 saturated carbocycles. The minimum absolute atomic E-state index is 0.257. The highest BCUT2D eigenvalue weighted by Crippen LogP contribution is 2.27. The second-order valence-electron chi connectivity index (χ2n) is 5.55. The minimum Gasteiger partial charge on any atom is -0.382 e. The number of morpholine rings is 1.